The summed E-state index contributed by atoms with van der Waals surface area (Å²) < 4.78 is 80.0. The molecule has 2 aromatic rings. The van der Waals surface area contributed by atoms with Crippen LogP contribution in [0.25, 0.3) is 0 Å². The standard InChI is InChI=1S/C25H30F4N4O3S/c1-18(24(30-2)31-15-13-23(34)32(3)4)14-16-33(37(35,36)22-11-9-21(26)10-12-22)17-19-5-7-20(8-6-19)25(27,28)29/h5-12H,1,13-17H2,2-4H3,(H,30,31). The highest BCUT2D eigenvalue weighted by Gasteiger charge is 2.30. The molecule has 0 unspecified atom stereocenters. The van der Waals surface area contributed by atoms with E-state index in [4.69, 9.17) is 0 Å². The summed E-state index contributed by atoms with van der Waals surface area (Å²) in [5.41, 5.74) is -0.0271. The Kier molecular flexibility index (Phi) is 10.4. The summed E-state index contributed by atoms with van der Waals surface area (Å²) in [6.45, 7) is 3.88. The van der Waals surface area contributed by atoms with E-state index in [1.807, 2.05) is 0 Å². The quantitative estimate of drug-likeness (QED) is 0.264. The van der Waals surface area contributed by atoms with Crippen LogP contribution in [-0.2, 0) is 27.5 Å². The van der Waals surface area contributed by atoms with E-state index in [9.17, 15) is 30.8 Å². The maximum Gasteiger partial charge on any atom is 0.416 e. The number of amidine groups is 1. The first-order chi connectivity index (χ1) is 17.3. The van der Waals surface area contributed by atoms with E-state index in [1.165, 1.54) is 17.0 Å². The Morgan fingerprint density at radius 3 is 2.14 bits per heavy atom. The summed E-state index contributed by atoms with van der Waals surface area (Å²) in [5.74, 6) is -0.303. The number of aliphatic imine (C=N–C) groups is 1. The van der Waals surface area contributed by atoms with E-state index < -0.39 is 27.6 Å². The number of hydrogen-bond donors (Lipinski definition) is 1. The van der Waals surface area contributed by atoms with Crippen LogP contribution in [0.4, 0.5) is 17.6 Å². The van der Waals surface area contributed by atoms with Crippen LogP contribution in [0.5, 0.6) is 0 Å². The molecule has 0 heterocycles. The summed E-state index contributed by atoms with van der Waals surface area (Å²) in [7, 11) is 0.762. The molecule has 0 saturated heterocycles. The summed E-state index contributed by atoms with van der Waals surface area (Å²) in [6.07, 6.45) is -4.19. The van der Waals surface area contributed by atoms with Gasteiger partial charge in [0.1, 0.15) is 11.7 Å². The van der Waals surface area contributed by atoms with E-state index >= 15 is 0 Å². The fourth-order valence-corrected chi connectivity index (χ4v) is 4.70. The largest absolute Gasteiger partial charge is 0.416 e. The topological polar surface area (TPSA) is 82.1 Å². The van der Waals surface area contributed by atoms with Crippen molar-refractivity contribution in [3.63, 3.8) is 0 Å². The maximum atomic E-state index is 13.4. The molecule has 7 nitrogen and oxygen atoms in total. The molecule has 1 amide bonds. The molecule has 0 bridgehead atoms. The lowest BCUT2D eigenvalue weighted by molar-refractivity contribution is -0.137. The lowest BCUT2D eigenvalue weighted by Gasteiger charge is -2.23. The molecule has 0 aliphatic heterocycles. The Bertz CT molecular complexity index is 1210. The first kappa shape index (κ1) is 30.0. The van der Waals surface area contributed by atoms with E-state index in [2.05, 4.69) is 16.9 Å². The van der Waals surface area contributed by atoms with Crippen molar-refractivity contribution < 1.29 is 30.8 Å². The predicted molar refractivity (Wildman–Crippen MR) is 134 cm³/mol. The molecular formula is C25H30F4N4O3S. The van der Waals surface area contributed by atoms with Crippen LogP contribution in [0.2, 0.25) is 0 Å². The van der Waals surface area contributed by atoms with Gasteiger partial charge < -0.3 is 10.2 Å². The molecule has 1 N–H and O–H groups in total. The van der Waals surface area contributed by atoms with Gasteiger partial charge in [-0.25, -0.2) is 12.8 Å². The second-order valence-corrected chi connectivity index (χ2v) is 10.3. The summed E-state index contributed by atoms with van der Waals surface area (Å²) in [4.78, 5) is 17.4. The van der Waals surface area contributed by atoms with Crippen molar-refractivity contribution in [2.75, 3.05) is 34.2 Å². The average molecular weight is 543 g/mol. The van der Waals surface area contributed by atoms with Crippen molar-refractivity contribution in [1.29, 1.82) is 0 Å². The molecule has 0 atom stereocenters. The van der Waals surface area contributed by atoms with Crippen molar-refractivity contribution in [1.82, 2.24) is 14.5 Å². The Balaban J connectivity index is 2.25. The molecule has 37 heavy (non-hydrogen) atoms. The van der Waals surface area contributed by atoms with Gasteiger partial charge >= 0.3 is 6.18 Å². The Morgan fingerprint density at radius 2 is 1.62 bits per heavy atom. The number of hydrogen-bond acceptors (Lipinski definition) is 4. The second-order valence-electron chi connectivity index (χ2n) is 8.36. The Hall–Kier alpha value is -3.25. The van der Waals surface area contributed by atoms with Crippen LogP contribution in [-0.4, -0.2) is 63.6 Å². The number of nitrogens with one attached hydrogen (secondary N) is 1. The van der Waals surface area contributed by atoms with Gasteiger partial charge in [0.25, 0.3) is 0 Å². The third-order valence-corrected chi connectivity index (χ3v) is 7.28. The van der Waals surface area contributed by atoms with Gasteiger partial charge in [0.05, 0.1) is 17.0 Å². The zero-order valence-electron chi connectivity index (χ0n) is 20.8. The monoisotopic (exact) mass is 542 g/mol. The number of benzene rings is 2. The van der Waals surface area contributed by atoms with Crippen LogP contribution in [0, 0.1) is 5.82 Å². The van der Waals surface area contributed by atoms with Crippen LogP contribution in [0.3, 0.4) is 0 Å². The predicted octanol–water partition coefficient (Wildman–Crippen LogP) is 4.08. The molecule has 12 heteroatoms. The second kappa shape index (κ2) is 12.8. The van der Waals surface area contributed by atoms with Gasteiger partial charge in [0, 0.05) is 40.7 Å². The average Bonchev–Trinajstić information content (AvgIpc) is 2.83. The fourth-order valence-electron chi connectivity index (χ4n) is 3.28. The van der Waals surface area contributed by atoms with E-state index in [0.29, 0.717) is 17.0 Å². The third kappa shape index (κ3) is 8.67. The third-order valence-electron chi connectivity index (χ3n) is 5.42. The number of carbonyl (C=O) groups is 1. The number of alkyl halides is 3. The van der Waals surface area contributed by atoms with Gasteiger partial charge in [0.15, 0.2) is 0 Å². The van der Waals surface area contributed by atoms with E-state index in [1.54, 1.807) is 21.1 Å². The Labute approximate surface area is 214 Å². The van der Waals surface area contributed by atoms with Crippen molar-refractivity contribution >= 4 is 21.8 Å². The zero-order chi connectivity index (χ0) is 27.8. The molecule has 2 rings (SSSR count). The van der Waals surface area contributed by atoms with Crippen LogP contribution in [0.1, 0.15) is 24.0 Å². The molecule has 2 aromatic carbocycles. The number of halogens is 4. The molecule has 0 aromatic heterocycles. The molecular weight excluding hydrogens is 512 g/mol. The minimum atomic E-state index is -4.52. The van der Waals surface area contributed by atoms with E-state index in [-0.39, 0.29) is 43.3 Å². The number of amides is 1. The van der Waals surface area contributed by atoms with Gasteiger partial charge in [-0.3, -0.25) is 9.79 Å². The molecule has 0 spiro atoms. The van der Waals surface area contributed by atoms with Crippen LogP contribution >= 0.6 is 0 Å². The lowest BCUT2D eigenvalue weighted by atomic mass is 10.1. The molecule has 0 radical (unpaired) electrons. The fraction of sp³-hybridized carbons (Fsp3) is 0.360. The van der Waals surface area contributed by atoms with E-state index in [0.717, 1.165) is 40.7 Å². The highest BCUT2D eigenvalue weighted by Crippen LogP contribution is 2.29. The summed E-state index contributed by atoms with van der Waals surface area (Å²) in [5, 5.41) is 2.88. The number of carbonyl (C=O) groups excluding carboxylic acids is 1. The minimum absolute atomic E-state index is 0.0725. The highest BCUT2D eigenvalue weighted by atomic mass is 32.2. The lowest BCUT2D eigenvalue weighted by Crippen LogP contribution is -2.33. The summed E-state index contributed by atoms with van der Waals surface area (Å²) >= 11 is 0. The molecule has 202 valence electrons. The van der Waals surface area contributed by atoms with Crippen molar-refractivity contribution in [2.45, 2.75) is 30.5 Å². The van der Waals surface area contributed by atoms with Gasteiger partial charge in [0.2, 0.25) is 15.9 Å². The Morgan fingerprint density at radius 1 is 1.03 bits per heavy atom. The van der Waals surface area contributed by atoms with Crippen molar-refractivity contribution in [3.8, 4) is 0 Å². The minimum Gasteiger partial charge on any atom is -0.373 e. The smallest absolute Gasteiger partial charge is 0.373 e. The van der Waals surface area contributed by atoms with Crippen LogP contribution < -0.4 is 5.32 Å². The zero-order valence-corrected chi connectivity index (χ0v) is 21.7. The maximum absolute atomic E-state index is 13.4. The molecule has 0 saturated carbocycles. The van der Waals surface area contributed by atoms with Crippen LogP contribution in [0.15, 0.2) is 70.6 Å². The van der Waals surface area contributed by atoms with Crippen molar-refractivity contribution in [2.24, 2.45) is 4.99 Å². The normalized spacial score (nSPS) is 12.5. The molecule has 0 aliphatic carbocycles. The van der Waals surface area contributed by atoms with Gasteiger partial charge in [-0.15, -0.1) is 0 Å². The number of likely N-dealkylation sites (N-methyl/N-ethyl adjacent to an activating group) is 1. The van der Waals surface area contributed by atoms with Gasteiger partial charge in [-0.2, -0.15) is 17.5 Å². The SMILES string of the molecule is C=C(CCN(Cc1ccc(C(F)(F)F)cc1)S(=O)(=O)c1ccc(F)cc1)/C(=N/CCC(=O)N(C)C)NC. The van der Waals surface area contributed by atoms with Gasteiger partial charge in [-0.05, 0) is 54.0 Å². The molecule has 0 fully saturated rings. The first-order valence-corrected chi connectivity index (χ1v) is 12.7. The first-order valence-electron chi connectivity index (χ1n) is 11.3. The molecule has 0 aliphatic rings. The van der Waals surface area contributed by atoms with Gasteiger partial charge in [-0.1, -0.05) is 18.7 Å². The number of sulfonamides is 1. The number of nitrogens with zero attached hydrogens (tertiary/aromatic N) is 3. The summed E-state index contributed by atoms with van der Waals surface area (Å²) in [6, 6.07) is 8.49. The van der Waals surface area contributed by atoms with Crippen molar-refractivity contribution in [3.05, 3.63) is 77.6 Å². The highest BCUT2D eigenvalue weighted by molar-refractivity contribution is 7.89. The number of rotatable bonds is 11.